The van der Waals surface area contributed by atoms with E-state index in [4.69, 9.17) is 4.74 Å². The second-order valence-electron chi connectivity index (χ2n) is 14.2. The zero-order chi connectivity index (χ0) is 43.2. The highest BCUT2D eigenvalue weighted by Gasteiger charge is 2.28. The molecule has 0 bridgehead atoms. The van der Waals surface area contributed by atoms with Crippen LogP contribution in [0.25, 0.3) is 0 Å². The van der Waals surface area contributed by atoms with Crippen molar-refractivity contribution in [2.45, 2.75) is 46.1 Å². The highest BCUT2D eigenvalue weighted by Crippen LogP contribution is 2.19. The normalized spacial score (nSPS) is 11.1. The Hall–Kier alpha value is -7.52. The van der Waals surface area contributed by atoms with Gasteiger partial charge in [-0.2, -0.15) is 0 Å². The van der Waals surface area contributed by atoms with Crippen LogP contribution in [0.5, 0.6) is 0 Å². The van der Waals surface area contributed by atoms with Crippen LogP contribution in [0, 0.1) is 6.92 Å². The summed E-state index contributed by atoms with van der Waals surface area (Å²) in [5, 5.41) is 16.1. The molecule has 5 aromatic heterocycles. The molecule has 0 saturated heterocycles. The van der Waals surface area contributed by atoms with Gasteiger partial charge in [0.05, 0.1) is 23.7 Å². The lowest BCUT2D eigenvalue weighted by molar-refractivity contribution is -0.117. The maximum absolute atomic E-state index is 13.3. The number of aromatic nitrogens is 8. The standard InChI is InChI=1S/C37H46N14O8/c1-9-59-36(58)29-40-20(2)28(46-29)45-27(53)16-37(3,4)47-33(55)24-15-22(18-50(24)7)42-35(57)31-44-25(19-51(31)8)43-26(52)10-11-39-32(54)23-14-21(17-49(23)6)41-34(56)30-38-12-13-48(30)5/h12-15,17-19H,9-11,16H2,1-8H3,(H,39,54)(H,40,46)(H,41,56)(H,42,57)(H,43,52)(H,45,53)(H,47,55). The summed E-state index contributed by atoms with van der Waals surface area (Å²) in [6, 6.07) is 2.96. The Kier molecular flexibility index (Phi) is 12.8. The molecule has 0 fully saturated rings. The van der Waals surface area contributed by atoms with Crippen LogP contribution < -0.4 is 31.9 Å². The second kappa shape index (κ2) is 17.7. The number of hydrogen-bond acceptors (Lipinski definition) is 11. The average molecular weight is 815 g/mol. The van der Waals surface area contributed by atoms with Crippen LogP contribution >= 0.6 is 0 Å². The van der Waals surface area contributed by atoms with Gasteiger partial charge < -0.3 is 59.9 Å². The van der Waals surface area contributed by atoms with E-state index in [2.05, 4.69) is 51.8 Å². The van der Waals surface area contributed by atoms with Crippen LogP contribution in [0.1, 0.15) is 92.1 Å². The molecule has 22 nitrogen and oxygen atoms in total. The predicted molar refractivity (Wildman–Crippen MR) is 213 cm³/mol. The molecule has 0 saturated carbocycles. The Morgan fingerprint density at radius 1 is 0.746 bits per heavy atom. The maximum Gasteiger partial charge on any atom is 0.374 e. The smallest absolute Gasteiger partial charge is 0.374 e. The molecule has 5 rings (SSSR count). The lowest BCUT2D eigenvalue weighted by Gasteiger charge is -2.25. The minimum Gasteiger partial charge on any atom is -0.460 e. The fraction of sp³-hybridized carbons (Fsp3) is 0.351. The van der Waals surface area contributed by atoms with Crippen molar-refractivity contribution in [2.24, 2.45) is 28.2 Å². The highest BCUT2D eigenvalue weighted by atomic mass is 16.5. The van der Waals surface area contributed by atoms with Crippen molar-refractivity contribution in [1.29, 1.82) is 0 Å². The van der Waals surface area contributed by atoms with Crippen molar-refractivity contribution < 1.29 is 38.3 Å². The van der Waals surface area contributed by atoms with Crippen molar-refractivity contribution in [3.8, 4) is 0 Å². The molecule has 0 unspecified atom stereocenters. The molecule has 0 aromatic carbocycles. The number of anilines is 4. The van der Waals surface area contributed by atoms with Crippen molar-refractivity contribution in [2.75, 3.05) is 34.4 Å². The van der Waals surface area contributed by atoms with E-state index in [-0.39, 0.29) is 72.2 Å². The van der Waals surface area contributed by atoms with Gasteiger partial charge in [0.1, 0.15) is 11.4 Å². The van der Waals surface area contributed by atoms with E-state index < -0.39 is 47.0 Å². The third kappa shape index (κ3) is 10.7. The summed E-state index contributed by atoms with van der Waals surface area (Å²) in [5.41, 5.74) is 0.566. The SMILES string of the molecule is CCOC(=O)c1nc(NC(=O)CC(C)(C)NC(=O)c2cc(NC(=O)c3nc(NC(=O)CCNC(=O)c4cc(NC(=O)c5nccn5C)cn4C)cn3C)cn2C)c(C)[nH]1. The summed E-state index contributed by atoms with van der Waals surface area (Å²) >= 11 is 0. The summed E-state index contributed by atoms with van der Waals surface area (Å²) in [5.74, 6) is -3.21. The molecule has 0 aliphatic heterocycles. The van der Waals surface area contributed by atoms with E-state index in [0.29, 0.717) is 11.4 Å². The van der Waals surface area contributed by atoms with Crippen molar-refractivity contribution >= 4 is 64.4 Å². The average Bonchev–Trinajstić information content (AvgIpc) is 3.97. The molecule has 0 spiro atoms. The zero-order valence-corrected chi connectivity index (χ0v) is 33.8. The molecule has 0 atom stereocenters. The number of aromatic amines is 1. The summed E-state index contributed by atoms with van der Waals surface area (Å²) in [4.78, 5) is 104. The number of rotatable bonds is 16. The first-order valence-electron chi connectivity index (χ1n) is 18.2. The van der Waals surface area contributed by atoms with Gasteiger partial charge in [-0.25, -0.2) is 19.7 Å². The fourth-order valence-corrected chi connectivity index (χ4v) is 5.87. The number of aryl methyl sites for hydroxylation is 5. The van der Waals surface area contributed by atoms with Gasteiger partial charge in [0.15, 0.2) is 17.5 Å². The van der Waals surface area contributed by atoms with Crippen LogP contribution in [0.15, 0.2) is 43.1 Å². The third-order valence-electron chi connectivity index (χ3n) is 8.67. The number of ether oxygens (including phenoxy) is 1. The Bertz CT molecular complexity index is 2430. The lowest BCUT2D eigenvalue weighted by Crippen LogP contribution is -2.46. The van der Waals surface area contributed by atoms with Gasteiger partial charge in [0.25, 0.3) is 23.6 Å². The topological polar surface area (TPSA) is 275 Å². The fourth-order valence-electron chi connectivity index (χ4n) is 5.87. The zero-order valence-electron chi connectivity index (χ0n) is 33.8. The molecule has 22 heteroatoms. The van der Waals surface area contributed by atoms with Gasteiger partial charge in [-0.05, 0) is 39.8 Å². The minimum atomic E-state index is -1.02. The molecule has 0 aliphatic rings. The number of hydrogen-bond donors (Lipinski definition) is 7. The van der Waals surface area contributed by atoms with Crippen LogP contribution in [0.3, 0.4) is 0 Å². The number of amides is 6. The second-order valence-corrected chi connectivity index (χ2v) is 14.2. The number of nitrogens with zero attached hydrogens (tertiary/aromatic N) is 7. The number of imidazole rings is 3. The van der Waals surface area contributed by atoms with E-state index in [1.54, 1.807) is 72.8 Å². The summed E-state index contributed by atoms with van der Waals surface area (Å²) < 4.78 is 11.0. The Balaban J connectivity index is 1.09. The number of nitrogens with one attached hydrogen (secondary N) is 7. The molecule has 59 heavy (non-hydrogen) atoms. The Morgan fingerprint density at radius 3 is 1.98 bits per heavy atom. The molecule has 0 aliphatic carbocycles. The molecular weight excluding hydrogens is 768 g/mol. The summed E-state index contributed by atoms with van der Waals surface area (Å²) in [6.45, 7) is 6.79. The van der Waals surface area contributed by atoms with Crippen LogP contribution in [0.2, 0.25) is 0 Å². The molecular formula is C37H46N14O8. The molecule has 6 amide bonds. The molecule has 0 radical (unpaired) electrons. The van der Waals surface area contributed by atoms with Gasteiger partial charge >= 0.3 is 5.97 Å². The maximum atomic E-state index is 13.3. The molecule has 312 valence electrons. The first kappa shape index (κ1) is 42.6. The van der Waals surface area contributed by atoms with Gasteiger partial charge in [-0.15, -0.1) is 0 Å². The number of carbonyl (C=O) groups is 7. The van der Waals surface area contributed by atoms with Crippen molar-refractivity contribution in [3.63, 3.8) is 0 Å². The number of carbonyl (C=O) groups excluding carboxylic acids is 7. The van der Waals surface area contributed by atoms with Gasteiger partial charge in [-0.3, -0.25) is 28.8 Å². The first-order chi connectivity index (χ1) is 27.8. The van der Waals surface area contributed by atoms with Gasteiger partial charge in [0.2, 0.25) is 23.5 Å². The van der Waals surface area contributed by atoms with E-state index >= 15 is 0 Å². The van der Waals surface area contributed by atoms with Gasteiger partial charge in [0, 0.05) is 84.1 Å². The molecule has 5 aromatic rings. The minimum absolute atomic E-state index is 0.0106. The van der Waals surface area contributed by atoms with Crippen LogP contribution in [0.4, 0.5) is 23.0 Å². The first-order valence-corrected chi connectivity index (χ1v) is 18.2. The monoisotopic (exact) mass is 814 g/mol. The predicted octanol–water partition coefficient (Wildman–Crippen LogP) is 1.84. The Labute approximate surface area is 337 Å². The lowest BCUT2D eigenvalue weighted by atomic mass is 10.00. The quantitative estimate of drug-likeness (QED) is 0.0706. The molecule has 5 heterocycles. The highest BCUT2D eigenvalue weighted by molar-refractivity contribution is 6.04. The van der Waals surface area contributed by atoms with E-state index in [1.807, 2.05) is 0 Å². The van der Waals surface area contributed by atoms with Crippen molar-refractivity contribution in [3.05, 3.63) is 77.7 Å². The van der Waals surface area contributed by atoms with E-state index in [9.17, 15) is 33.6 Å². The van der Waals surface area contributed by atoms with Crippen LogP contribution in [-0.4, -0.2) is 98.3 Å². The van der Waals surface area contributed by atoms with E-state index in [0.717, 1.165) is 0 Å². The van der Waals surface area contributed by atoms with E-state index in [1.165, 1.54) is 44.4 Å². The van der Waals surface area contributed by atoms with Crippen molar-refractivity contribution in [1.82, 2.24) is 48.8 Å². The number of esters is 1. The number of H-pyrrole nitrogens is 1. The largest absolute Gasteiger partial charge is 0.460 e. The Morgan fingerprint density at radius 2 is 1.37 bits per heavy atom. The van der Waals surface area contributed by atoms with Crippen LogP contribution in [-0.2, 0) is 42.5 Å². The summed E-state index contributed by atoms with van der Waals surface area (Å²) in [6.07, 6.45) is 7.46. The van der Waals surface area contributed by atoms with Gasteiger partial charge in [-0.1, -0.05) is 0 Å². The third-order valence-corrected chi connectivity index (χ3v) is 8.67. The summed E-state index contributed by atoms with van der Waals surface area (Å²) in [7, 11) is 6.52. The molecule has 7 N–H and O–H groups in total.